The molecule has 0 amide bonds. The van der Waals surface area contributed by atoms with Crippen LogP contribution in [0.2, 0.25) is 0 Å². The van der Waals surface area contributed by atoms with Gasteiger partial charge in [0, 0.05) is 27.2 Å². The SMILES string of the molecule is COc1cc(Br)c(C=Nc2nc(-c3ccc(C4CCCCC4)cc3)cs2)cc1OC. The van der Waals surface area contributed by atoms with Gasteiger partial charge in [-0.2, -0.15) is 0 Å². The van der Waals surface area contributed by atoms with E-state index in [0.29, 0.717) is 11.5 Å². The van der Waals surface area contributed by atoms with Crippen LogP contribution in [-0.4, -0.2) is 25.4 Å². The quantitative estimate of drug-likeness (QED) is 0.342. The molecule has 1 heterocycles. The number of halogens is 1. The number of aromatic nitrogens is 1. The molecule has 1 aromatic heterocycles. The first-order valence-corrected chi connectivity index (χ1v) is 11.9. The minimum atomic E-state index is 0.667. The van der Waals surface area contributed by atoms with Gasteiger partial charge >= 0.3 is 0 Å². The summed E-state index contributed by atoms with van der Waals surface area (Å²) in [4.78, 5) is 9.25. The van der Waals surface area contributed by atoms with Crippen molar-refractivity contribution in [3.63, 3.8) is 0 Å². The predicted molar refractivity (Wildman–Crippen MR) is 128 cm³/mol. The average molecular weight is 485 g/mol. The van der Waals surface area contributed by atoms with Gasteiger partial charge in [0.2, 0.25) is 5.13 Å². The standard InChI is InChI=1S/C24H25BrN2O2S/c1-28-22-12-19(20(25)13-23(22)29-2)14-26-24-27-21(15-30-24)18-10-8-17(9-11-18)16-6-4-3-5-7-16/h8-16H,3-7H2,1-2H3. The molecule has 0 unspecified atom stereocenters. The molecule has 6 heteroatoms. The van der Waals surface area contributed by atoms with E-state index in [2.05, 4.69) is 50.6 Å². The highest BCUT2D eigenvalue weighted by Gasteiger charge is 2.15. The molecule has 0 aliphatic heterocycles. The Morgan fingerprint density at radius 1 is 1.03 bits per heavy atom. The molecule has 156 valence electrons. The maximum absolute atomic E-state index is 5.38. The molecule has 0 spiro atoms. The smallest absolute Gasteiger partial charge is 0.209 e. The molecular weight excluding hydrogens is 460 g/mol. The van der Waals surface area contributed by atoms with Crippen LogP contribution >= 0.6 is 27.3 Å². The molecule has 2 aromatic carbocycles. The largest absolute Gasteiger partial charge is 0.493 e. The zero-order chi connectivity index (χ0) is 20.9. The van der Waals surface area contributed by atoms with Gasteiger partial charge in [0.05, 0.1) is 19.9 Å². The van der Waals surface area contributed by atoms with Gasteiger partial charge in [-0.05, 0) is 52.4 Å². The number of aliphatic imine (C=N–C) groups is 1. The summed E-state index contributed by atoms with van der Waals surface area (Å²) in [5.41, 5.74) is 4.47. The lowest BCUT2D eigenvalue weighted by Gasteiger charge is -2.22. The van der Waals surface area contributed by atoms with Gasteiger partial charge in [-0.3, -0.25) is 0 Å². The Kier molecular flexibility index (Phi) is 6.85. The summed E-state index contributed by atoms with van der Waals surface area (Å²) < 4.78 is 11.6. The second-order valence-electron chi connectivity index (χ2n) is 7.46. The second kappa shape index (κ2) is 9.75. The topological polar surface area (TPSA) is 43.7 Å². The fourth-order valence-electron chi connectivity index (χ4n) is 3.91. The van der Waals surface area contributed by atoms with E-state index in [9.17, 15) is 0 Å². The van der Waals surface area contributed by atoms with Gasteiger partial charge in [0.25, 0.3) is 0 Å². The zero-order valence-corrected chi connectivity index (χ0v) is 19.6. The molecule has 0 radical (unpaired) electrons. The van der Waals surface area contributed by atoms with Gasteiger partial charge in [-0.25, -0.2) is 9.98 Å². The van der Waals surface area contributed by atoms with Gasteiger partial charge in [0.15, 0.2) is 11.5 Å². The van der Waals surface area contributed by atoms with Gasteiger partial charge in [-0.1, -0.05) is 43.5 Å². The van der Waals surface area contributed by atoms with Crippen molar-refractivity contribution in [2.75, 3.05) is 14.2 Å². The van der Waals surface area contributed by atoms with Crippen LogP contribution in [0.25, 0.3) is 11.3 Å². The van der Waals surface area contributed by atoms with Crippen LogP contribution in [0.15, 0.2) is 51.2 Å². The predicted octanol–water partition coefficient (Wildman–Crippen LogP) is 7.39. The van der Waals surface area contributed by atoms with Crippen molar-refractivity contribution in [3.8, 4) is 22.8 Å². The molecule has 4 nitrogen and oxygen atoms in total. The number of ether oxygens (including phenoxy) is 2. The Morgan fingerprint density at radius 2 is 1.73 bits per heavy atom. The summed E-state index contributed by atoms with van der Waals surface area (Å²) in [6, 6.07) is 12.7. The van der Waals surface area contributed by atoms with E-state index in [-0.39, 0.29) is 0 Å². The first-order valence-electron chi connectivity index (χ1n) is 10.2. The van der Waals surface area contributed by atoms with Crippen LogP contribution in [0.1, 0.15) is 49.1 Å². The van der Waals surface area contributed by atoms with Gasteiger partial charge in [0.1, 0.15) is 0 Å². The van der Waals surface area contributed by atoms with Crippen molar-refractivity contribution in [2.45, 2.75) is 38.0 Å². The lowest BCUT2D eigenvalue weighted by molar-refractivity contribution is 0.354. The third kappa shape index (κ3) is 4.76. The highest BCUT2D eigenvalue weighted by molar-refractivity contribution is 9.10. The molecular formula is C24H25BrN2O2S. The normalized spacial score (nSPS) is 14.9. The van der Waals surface area contributed by atoms with E-state index in [1.54, 1.807) is 20.4 Å². The number of methoxy groups -OCH3 is 2. The second-order valence-corrected chi connectivity index (χ2v) is 9.15. The first-order chi connectivity index (χ1) is 14.7. The summed E-state index contributed by atoms with van der Waals surface area (Å²) in [5, 5.41) is 2.79. The molecule has 1 aliphatic rings. The summed E-state index contributed by atoms with van der Waals surface area (Å²) in [6.45, 7) is 0. The number of thiazole rings is 1. The van der Waals surface area contributed by atoms with E-state index in [1.807, 2.05) is 12.1 Å². The zero-order valence-electron chi connectivity index (χ0n) is 17.2. The Hall–Kier alpha value is -2.18. The van der Waals surface area contributed by atoms with Crippen molar-refractivity contribution in [3.05, 3.63) is 57.4 Å². The maximum atomic E-state index is 5.38. The molecule has 30 heavy (non-hydrogen) atoms. The van der Waals surface area contributed by atoms with E-state index in [1.165, 1.54) is 49.0 Å². The summed E-state index contributed by atoms with van der Waals surface area (Å²) >= 11 is 5.10. The Morgan fingerprint density at radius 3 is 2.43 bits per heavy atom. The molecule has 0 atom stereocenters. The minimum absolute atomic E-state index is 0.667. The van der Waals surface area contributed by atoms with Crippen LogP contribution in [0.5, 0.6) is 11.5 Å². The lowest BCUT2D eigenvalue weighted by Crippen LogP contribution is -2.04. The van der Waals surface area contributed by atoms with Gasteiger partial charge < -0.3 is 9.47 Å². The number of hydrogen-bond acceptors (Lipinski definition) is 5. The van der Waals surface area contributed by atoms with Crippen LogP contribution in [0.3, 0.4) is 0 Å². The number of nitrogens with zero attached hydrogens (tertiary/aromatic N) is 2. The maximum Gasteiger partial charge on any atom is 0.209 e. The van der Waals surface area contributed by atoms with Crippen molar-refractivity contribution >= 4 is 38.6 Å². The van der Waals surface area contributed by atoms with Crippen molar-refractivity contribution in [2.24, 2.45) is 4.99 Å². The molecule has 0 saturated heterocycles. The molecule has 0 bridgehead atoms. The summed E-state index contributed by atoms with van der Waals surface area (Å²) in [7, 11) is 3.25. The average Bonchev–Trinajstić information content (AvgIpc) is 3.28. The van der Waals surface area contributed by atoms with E-state index in [0.717, 1.165) is 32.3 Å². The van der Waals surface area contributed by atoms with Crippen molar-refractivity contribution < 1.29 is 9.47 Å². The molecule has 1 fully saturated rings. The van der Waals surface area contributed by atoms with Crippen molar-refractivity contribution in [1.82, 2.24) is 4.98 Å². The van der Waals surface area contributed by atoms with Crippen molar-refractivity contribution in [1.29, 1.82) is 0 Å². The van der Waals surface area contributed by atoms with Crippen LogP contribution in [0.4, 0.5) is 5.13 Å². The first kappa shape index (κ1) is 21.1. The fraction of sp³-hybridized carbons (Fsp3) is 0.333. The molecule has 1 aliphatic carbocycles. The monoisotopic (exact) mass is 484 g/mol. The lowest BCUT2D eigenvalue weighted by atomic mass is 9.84. The third-order valence-electron chi connectivity index (χ3n) is 5.59. The molecule has 1 saturated carbocycles. The summed E-state index contributed by atoms with van der Waals surface area (Å²) in [6.07, 6.45) is 8.53. The van der Waals surface area contributed by atoms with Crippen LogP contribution < -0.4 is 9.47 Å². The number of benzene rings is 2. The Balaban J connectivity index is 1.49. The van der Waals surface area contributed by atoms with Crippen LogP contribution in [0, 0.1) is 0 Å². The number of rotatable bonds is 6. The highest BCUT2D eigenvalue weighted by atomic mass is 79.9. The molecule has 0 N–H and O–H groups in total. The third-order valence-corrected chi connectivity index (χ3v) is 7.03. The van der Waals surface area contributed by atoms with Gasteiger partial charge in [-0.15, -0.1) is 11.3 Å². The fourth-order valence-corrected chi connectivity index (χ4v) is 5.01. The Bertz CT molecular complexity index is 1020. The van der Waals surface area contributed by atoms with Crippen LogP contribution in [-0.2, 0) is 0 Å². The molecule has 4 rings (SSSR count). The summed E-state index contributed by atoms with van der Waals surface area (Å²) in [5.74, 6) is 2.07. The van der Waals surface area contributed by atoms with E-state index < -0.39 is 0 Å². The highest BCUT2D eigenvalue weighted by Crippen LogP contribution is 2.35. The Labute approximate surface area is 190 Å². The van der Waals surface area contributed by atoms with E-state index in [4.69, 9.17) is 14.5 Å². The van der Waals surface area contributed by atoms with E-state index >= 15 is 0 Å². The molecule has 3 aromatic rings. The number of hydrogen-bond donors (Lipinski definition) is 0. The minimum Gasteiger partial charge on any atom is -0.493 e.